The van der Waals surface area contributed by atoms with Crippen LogP contribution in [0.5, 0.6) is 0 Å². The smallest absolute Gasteiger partial charge is 0.233 e. The number of carbonyl (C=O) groups is 1. The molecule has 4 nitrogen and oxygen atoms in total. The van der Waals surface area contributed by atoms with E-state index in [1.54, 1.807) is 7.05 Å². The molecule has 0 spiro atoms. The Bertz CT molecular complexity index is 172. The molecule has 0 aromatic heterocycles. The van der Waals surface area contributed by atoms with Crippen molar-refractivity contribution in [2.45, 2.75) is 37.8 Å². The fourth-order valence-electron chi connectivity index (χ4n) is 1.74. The Morgan fingerprint density at radius 1 is 1.54 bits per heavy atom. The lowest BCUT2D eigenvalue weighted by Crippen LogP contribution is -2.43. The maximum absolute atomic E-state index is 10.9. The Kier molecular flexibility index (Phi) is 4.18. The number of nitrogens with two attached hydrogens (primary N) is 1. The van der Waals surface area contributed by atoms with Crippen molar-refractivity contribution in [1.29, 1.82) is 0 Å². The minimum absolute atomic E-state index is 0.0409. The summed E-state index contributed by atoms with van der Waals surface area (Å²) in [6.07, 6.45) is 4.44. The Balaban J connectivity index is 2.17. The van der Waals surface area contributed by atoms with Gasteiger partial charge in [-0.1, -0.05) is 6.42 Å². The van der Waals surface area contributed by atoms with Crippen LogP contribution in [0.25, 0.3) is 0 Å². The average molecular weight is 185 g/mol. The zero-order valence-corrected chi connectivity index (χ0v) is 8.18. The van der Waals surface area contributed by atoms with E-state index in [2.05, 4.69) is 10.6 Å². The summed E-state index contributed by atoms with van der Waals surface area (Å²) < 4.78 is 0. The number of likely N-dealkylation sites (N-methyl/N-ethyl adjacent to an activating group) is 1. The highest BCUT2D eigenvalue weighted by Gasteiger charge is 2.18. The van der Waals surface area contributed by atoms with Gasteiger partial charge in [-0.3, -0.25) is 4.79 Å². The first-order valence-electron chi connectivity index (χ1n) is 4.92. The fourth-order valence-corrected chi connectivity index (χ4v) is 1.74. The van der Waals surface area contributed by atoms with Crippen molar-refractivity contribution >= 4 is 5.91 Å². The standard InChI is InChI=1S/C9H19N3O/c1-11-9(13)6-12-8-4-2-3-7(10)5-8/h7-8,12H,2-6,10H2,1H3,(H,11,13). The number of hydrogen-bond donors (Lipinski definition) is 3. The summed E-state index contributed by atoms with van der Waals surface area (Å²) in [5, 5.41) is 5.79. The van der Waals surface area contributed by atoms with Gasteiger partial charge in [0.2, 0.25) is 5.91 Å². The maximum Gasteiger partial charge on any atom is 0.233 e. The quantitative estimate of drug-likeness (QED) is 0.560. The lowest BCUT2D eigenvalue weighted by molar-refractivity contribution is -0.119. The van der Waals surface area contributed by atoms with Gasteiger partial charge in [0, 0.05) is 19.1 Å². The molecule has 0 heterocycles. The van der Waals surface area contributed by atoms with Gasteiger partial charge in [-0.15, -0.1) is 0 Å². The van der Waals surface area contributed by atoms with E-state index in [1.807, 2.05) is 0 Å². The summed E-state index contributed by atoms with van der Waals surface area (Å²) in [7, 11) is 1.65. The molecule has 2 atom stereocenters. The molecule has 76 valence electrons. The number of hydrogen-bond acceptors (Lipinski definition) is 3. The van der Waals surface area contributed by atoms with E-state index in [4.69, 9.17) is 5.73 Å². The molecule has 1 fully saturated rings. The van der Waals surface area contributed by atoms with Gasteiger partial charge in [0.1, 0.15) is 0 Å². The Morgan fingerprint density at radius 2 is 2.31 bits per heavy atom. The predicted octanol–water partition coefficient (Wildman–Crippen LogP) is -0.408. The van der Waals surface area contributed by atoms with Gasteiger partial charge in [0.05, 0.1) is 6.54 Å². The molecule has 0 radical (unpaired) electrons. The number of amides is 1. The molecule has 13 heavy (non-hydrogen) atoms. The maximum atomic E-state index is 10.9. The lowest BCUT2D eigenvalue weighted by atomic mass is 9.92. The molecule has 0 aliphatic heterocycles. The number of carbonyl (C=O) groups excluding carboxylic acids is 1. The molecule has 1 rings (SSSR count). The van der Waals surface area contributed by atoms with E-state index in [0.717, 1.165) is 19.3 Å². The van der Waals surface area contributed by atoms with Gasteiger partial charge < -0.3 is 16.4 Å². The average Bonchev–Trinajstić information content (AvgIpc) is 2.14. The third-order valence-corrected chi connectivity index (χ3v) is 2.54. The third kappa shape index (κ3) is 3.74. The first-order valence-corrected chi connectivity index (χ1v) is 4.92. The largest absolute Gasteiger partial charge is 0.358 e. The summed E-state index contributed by atoms with van der Waals surface area (Å²) in [5.74, 6) is 0.0409. The summed E-state index contributed by atoms with van der Waals surface area (Å²) in [6, 6.07) is 0.747. The van der Waals surface area contributed by atoms with Crippen LogP contribution in [0.3, 0.4) is 0 Å². The number of nitrogens with one attached hydrogen (secondary N) is 2. The minimum Gasteiger partial charge on any atom is -0.358 e. The highest BCUT2D eigenvalue weighted by Crippen LogP contribution is 2.16. The number of rotatable bonds is 3. The highest BCUT2D eigenvalue weighted by atomic mass is 16.1. The first kappa shape index (κ1) is 10.5. The molecule has 4 N–H and O–H groups in total. The Hall–Kier alpha value is -0.610. The molecule has 0 saturated heterocycles. The van der Waals surface area contributed by atoms with Gasteiger partial charge in [0.25, 0.3) is 0 Å². The van der Waals surface area contributed by atoms with E-state index < -0.39 is 0 Å². The molecule has 4 heteroatoms. The molecule has 1 aliphatic carbocycles. The fraction of sp³-hybridized carbons (Fsp3) is 0.889. The van der Waals surface area contributed by atoms with Crippen molar-refractivity contribution in [1.82, 2.24) is 10.6 Å². The van der Waals surface area contributed by atoms with Crippen LogP contribution in [0.1, 0.15) is 25.7 Å². The topological polar surface area (TPSA) is 67.2 Å². The van der Waals surface area contributed by atoms with E-state index in [0.29, 0.717) is 18.6 Å². The van der Waals surface area contributed by atoms with E-state index in [9.17, 15) is 4.79 Å². The third-order valence-electron chi connectivity index (χ3n) is 2.54. The SMILES string of the molecule is CNC(=O)CNC1CCCC(N)C1. The monoisotopic (exact) mass is 185 g/mol. The second-order valence-corrected chi connectivity index (χ2v) is 3.68. The molecule has 1 amide bonds. The minimum atomic E-state index is 0.0409. The summed E-state index contributed by atoms with van der Waals surface area (Å²) in [6.45, 7) is 0.411. The van der Waals surface area contributed by atoms with Crippen LogP contribution < -0.4 is 16.4 Å². The van der Waals surface area contributed by atoms with E-state index in [-0.39, 0.29) is 5.91 Å². The van der Waals surface area contributed by atoms with Gasteiger partial charge in [-0.05, 0) is 19.3 Å². The second kappa shape index (κ2) is 5.19. The molecule has 1 aliphatic rings. The zero-order chi connectivity index (χ0) is 9.68. The van der Waals surface area contributed by atoms with Crippen molar-refractivity contribution in [2.24, 2.45) is 5.73 Å². The Labute approximate surface area is 79.3 Å². The summed E-state index contributed by atoms with van der Waals surface area (Å²) in [4.78, 5) is 10.9. The van der Waals surface area contributed by atoms with Crippen LogP contribution in [0, 0.1) is 0 Å². The summed E-state index contributed by atoms with van der Waals surface area (Å²) >= 11 is 0. The predicted molar refractivity (Wildman–Crippen MR) is 52.3 cm³/mol. The van der Waals surface area contributed by atoms with Crippen LogP contribution in [-0.4, -0.2) is 31.6 Å². The van der Waals surface area contributed by atoms with Crippen molar-refractivity contribution in [2.75, 3.05) is 13.6 Å². The van der Waals surface area contributed by atoms with Gasteiger partial charge in [0.15, 0.2) is 0 Å². The van der Waals surface area contributed by atoms with Crippen molar-refractivity contribution < 1.29 is 4.79 Å². The van der Waals surface area contributed by atoms with Crippen LogP contribution in [0.15, 0.2) is 0 Å². The second-order valence-electron chi connectivity index (χ2n) is 3.68. The molecule has 0 aromatic carbocycles. The van der Waals surface area contributed by atoms with Gasteiger partial charge in [-0.25, -0.2) is 0 Å². The van der Waals surface area contributed by atoms with E-state index >= 15 is 0 Å². The lowest BCUT2D eigenvalue weighted by Gasteiger charge is -2.27. The molecule has 1 saturated carbocycles. The zero-order valence-electron chi connectivity index (χ0n) is 8.18. The molecular formula is C9H19N3O. The van der Waals surface area contributed by atoms with Gasteiger partial charge >= 0.3 is 0 Å². The van der Waals surface area contributed by atoms with Crippen LogP contribution >= 0.6 is 0 Å². The molecule has 2 unspecified atom stereocenters. The molecule has 0 aromatic rings. The molecular weight excluding hydrogens is 166 g/mol. The normalized spacial score (nSPS) is 28.5. The Morgan fingerprint density at radius 3 is 2.92 bits per heavy atom. The van der Waals surface area contributed by atoms with Crippen molar-refractivity contribution in [3.63, 3.8) is 0 Å². The van der Waals surface area contributed by atoms with Crippen molar-refractivity contribution in [3.8, 4) is 0 Å². The molecule has 0 bridgehead atoms. The van der Waals surface area contributed by atoms with Crippen LogP contribution in [0.2, 0.25) is 0 Å². The van der Waals surface area contributed by atoms with Crippen LogP contribution in [-0.2, 0) is 4.79 Å². The first-order chi connectivity index (χ1) is 6.22. The van der Waals surface area contributed by atoms with Crippen LogP contribution in [0.4, 0.5) is 0 Å². The van der Waals surface area contributed by atoms with Crippen molar-refractivity contribution in [3.05, 3.63) is 0 Å². The van der Waals surface area contributed by atoms with E-state index in [1.165, 1.54) is 6.42 Å². The summed E-state index contributed by atoms with van der Waals surface area (Å²) in [5.41, 5.74) is 5.82. The van der Waals surface area contributed by atoms with Gasteiger partial charge in [-0.2, -0.15) is 0 Å². The highest BCUT2D eigenvalue weighted by molar-refractivity contribution is 5.77.